The third kappa shape index (κ3) is 2.72. The quantitative estimate of drug-likeness (QED) is 0.768. The van der Waals surface area contributed by atoms with Gasteiger partial charge in [0.2, 0.25) is 0 Å². The van der Waals surface area contributed by atoms with Crippen molar-refractivity contribution < 1.29 is 13.7 Å². The minimum Gasteiger partial charge on any atom is -0.400 e. The Morgan fingerprint density at radius 2 is 1.79 bits per heavy atom. The largest absolute Gasteiger partial charge is 0.487 e. The molecular weight excluding hydrogens is 244 g/mol. The molecule has 1 aromatic heterocycles. The first-order valence-corrected chi connectivity index (χ1v) is 6.38. The number of halogens is 1. The first-order valence-electron chi connectivity index (χ1n) is 6.38. The van der Waals surface area contributed by atoms with E-state index in [2.05, 4.69) is 4.98 Å². The van der Waals surface area contributed by atoms with Crippen molar-refractivity contribution in [3.8, 4) is 0 Å². The maximum absolute atomic E-state index is 13.8. The Labute approximate surface area is 114 Å². The molecule has 0 unspecified atom stereocenters. The number of hydrogen-bond acceptors (Lipinski definition) is 3. The van der Waals surface area contributed by atoms with Gasteiger partial charge in [-0.3, -0.25) is 4.98 Å². The van der Waals surface area contributed by atoms with Gasteiger partial charge in [0.15, 0.2) is 5.82 Å². The molecular formula is C14H19BFNO2. The van der Waals surface area contributed by atoms with Crippen LogP contribution in [0.3, 0.4) is 0 Å². The van der Waals surface area contributed by atoms with Crippen LogP contribution in [0.2, 0.25) is 0 Å². The summed E-state index contributed by atoms with van der Waals surface area (Å²) in [5.74, 6) is 1.42. The van der Waals surface area contributed by atoms with Crippen molar-refractivity contribution in [3.63, 3.8) is 0 Å². The van der Waals surface area contributed by atoms with Gasteiger partial charge in [-0.25, -0.2) is 4.39 Å². The maximum atomic E-state index is 13.8. The predicted molar refractivity (Wildman–Crippen MR) is 74.0 cm³/mol. The van der Waals surface area contributed by atoms with Crippen molar-refractivity contribution in [1.29, 1.82) is 0 Å². The average molecular weight is 263 g/mol. The first-order chi connectivity index (χ1) is 8.73. The van der Waals surface area contributed by atoms with Crippen LogP contribution in [0.25, 0.3) is 6.08 Å². The minimum atomic E-state index is -0.460. The predicted octanol–water partition coefficient (Wildman–Crippen LogP) is 3.17. The molecule has 0 spiro atoms. The molecule has 5 heteroatoms. The Balaban J connectivity index is 2.15. The third-order valence-electron chi connectivity index (χ3n) is 3.80. The van der Waals surface area contributed by atoms with Crippen molar-refractivity contribution in [2.45, 2.75) is 45.8 Å². The van der Waals surface area contributed by atoms with Gasteiger partial charge in [-0.1, -0.05) is 12.1 Å². The summed E-state index contributed by atoms with van der Waals surface area (Å²) in [4.78, 5) is 3.89. The summed E-state index contributed by atoms with van der Waals surface area (Å²) in [6.45, 7) is 9.58. The molecule has 1 saturated heterocycles. The number of aromatic nitrogens is 1. The van der Waals surface area contributed by atoms with Crippen LogP contribution in [-0.4, -0.2) is 23.3 Å². The second-order valence-corrected chi connectivity index (χ2v) is 5.78. The van der Waals surface area contributed by atoms with Crippen LogP contribution in [-0.2, 0) is 9.31 Å². The zero-order chi connectivity index (χ0) is 14.3. The van der Waals surface area contributed by atoms with Crippen LogP contribution in [0.15, 0.2) is 18.2 Å². The van der Waals surface area contributed by atoms with E-state index in [0.29, 0.717) is 11.3 Å². The van der Waals surface area contributed by atoms with Gasteiger partial charge in [0.25, 0.3) is 0 Å². The van der Waals surface area contributed by atoms with E-state index in [1.807, 2.05) is 27.7 Å². The van der Waals surface area contributed by atoms with Gasteiger partial charge in [-0.2, -0.15) is 0 Å². The Kier molecular flexibility index (Phi) is 3.54. The maximum Gasteiger partial charge on any atom is 0.487 e. The molecule has 102 valence electrons. The highest BCUT2D eigenvalue weighted by Crippen LogP contribution is 2.37. The normalized spacial score (nSPS) is 21.3. The highest BCUT2D eigenvalue weighted by atomic mass is 19.1. The molecule has 0 N–H and O–H groups in total. The second kappa shape index (κ2) is 4.73. The van der Waals surface area contributed by atoms with Crippen molar-refractivity contribution in [2.75, 3.05) is 0 Å². The van der Waals surface area contributed by atoms with Gasteiger partial charge in [0, 0.05) is 11.8 Å². The van der Waals surface area contributed by atoms with Crippen molar-refractivity contribution in [3.05, 3.63) is 35.3 Å². The van der Waals surface area contributed by atoms with Gasteiger partial charge in [0.1, 0.15) is 0 Å². The number of hydrogen-bond donors (Lipinski definition) is 0. The summed E-state index contributed by atoms with van der Waals surface area (Å²) < 4.78 is 25.4. The van der Waals surface area contributed by atoms with Crippen LogP contribution < -0.4 is 0 Å². The molecule has 1 aliphatic rings. The lowest BCUT2D eigenvalue weighted by atomic mass is 9.89. The Morgan fingerprint density at radius 1 is 1.21 bits per heavy atom. The zero-order valence-electron chi connectivity index (χ0n) is 12.0. The lowest BCUT2D eigenvalue weighted by molar-refractivity contribution is 0.00578. The Hall–Kier alpha value is -1.20. The Morgan fingerprint density at radius 3 is 2.37 bits per heavy atom. The summed E-state index contributed by atoms with van der Waals surface area (Å²) in [5, 5.41) is 0. The zero-order valence-corrected chi connectivity index (χ0v) is 12.0. The molecule has 0 atom stereocenters. The van der Waals surface area contributed by atoms with Crippen LogP contribution in [0.1, 0.15) is 39.0 Å². The summed E-state index contributed by atoms with van der Waals surface area (Å²) in [5.41, 5.74) is 0.113. The standard InChI is InChI=1S/C14H19BFNO2/c1-10-12(16)11(7-9-17-10)6-8-15-18-13(2,3)14(4,5)19-15/h6-9H,1-5H3/b8-6+. The number of aryl methyl sites for hydroxylation is 1. The van der Waals surface area contributed by atoms with Gasteiger partial charge in [-0.15, -0.1) is 0 Å². The molecule has 0 bridgehead atoms. The highest BCUT2D eigenvalue weighted by Gasteiger charge is 2.49. The fourth-order valence-corrected chi connectivity index (χ4v) is 1.85. The SMILES string of the molecule is Cc1nccc(/C=C/B2OC(C)(C)C(C)(C)O2)c1F. The molecule has 2 heterocycles. The summed E-state index contributed by atoms with van der Waals surface area (Å²) in [6.07, 6.45) is 3.26. The van der Waals surface area contributed by atoms with Crippen molar-refractivity contribution >= 4 is 13.2 Å². The average Bonchev–Trinajstić information content (AvgIpc) is 2.50. The molecule has 1 aromatic rings. The second-order valence-electron chi connectivity index (χ2n) is 5.78. The highest BCUT2D eigenvalue weighted by molar-refractivity contribution is 6.52. The molecule has 0 radical (unpaired) electrons. The van der Waals surface area contributed by atoms with Crippen LogP contribution >= 0.6 is 0 Å². The van der Waals surface area contributed by atoms with E-state index < -0.39 is 7.12 Å². The molecule has 0 aliphatic carbocycles. The fraction of sp³-hybridized carbons (Fsp3) is 0.500. The van der Waals surface area contributed by atoms with E-state index in [0.717, 1.165) is 0 Å². The smallest absolute Gasteiger partial charge is 0.400 e. The minimum absolute atomic E-state index is 0.310. The number of rotatable bonds is 2. The molecule has 0 saturated carbocycles. The van der Waals surface area contributed by atoms with Crippen LogP contribution in [0.5, 0.6) is 0 Å². The molecule has 3 nitrogen and oxygen atoms in total. The van der Waals surface area contributed by atoms with Gasteiger partial charge >= 0.3 is 7.12 Å². The molecule has 1 fully saturated rings. The first kappa shape index (κ1) is 14.2. The summed E-state index contributed by atoms with van der Waals surface area (Å²) >= 11 is 0. The van der Waals surface area contributed by atoms with Crippen molar-refractivity contribution in [2.24, 2.45) is 0 Å². The molecule has 2 rings (SSSR count). The summed E-state index contributed by atoms with van der Waals surface area (Å²) in [7, 11) is -0.460. The molecule has 19 heavy (non-hydrogen) atoms. The monoisotopic (exact) mass is 263 g/mol. The summed E-state index contributed by atoms with van der Waals surface area (Å²) in [6, 6.07) is 1.63. The topological polar surface area (TPSA) is 31.4 Å². The van der Waals surface area contributed by atoms with E-state index in [9.17, 15) is 4.39 Å². The van der Waals surface area contributed by atoms with Crippen molar-refractivity contribution in [1.82, 2.24) is 4.98 Å². The van der Waals surface area contributed by atoms with E-state index >= 15 is 0 Å². The van der Waals surface area contributed by atoms with E-state index in [4.69, 9.17) is 9.31 Å². The lowest BCUT2D eigenvalue weighted by Crippen LogP contribution is -2.41. The van der Waals surface area contributed by atoms with Crippen LogP contribution in [0, 0.1) is 12.7 Å². The van der Waals surface area contributed by atoms with E-state index in [1.165, 1.54) is 0 Å². The number of nitrogens with zero attached hydrogens (tertiary/aromatic N) is 1. The Bertz CT molecular complexity index is 498. The van der Waals surface area contributed by atoms with Crippen LogP contribution in [0.4, 0.5) is 4.39 Å². The van der Waals surface area contributed by atoms with Gasteiger partial charge < -0.3 is 9.31 Å². The third-order valence-corrected chi connectivity index (χ3v) is 3.80. The van der Waals surface area contributed by atoms with Gasteiger partial charge in [0.05, 0.1) is 16.9 Å². The van der Waals surface area contributed by atoms with E-state index in [-0.39, 0.29) is 17.0 Å². The molecule has 0 aromatic carbocycles. The number of pyridine rings is 1. The molecule has 0 amide bonds. The molecule has 1 aliphatic heterocycles. The lowest BCUT2D eigenvalue weighted by Gasteiger charge is -2.32. The van der Waals surface area contributed by atoms with E-state index in [1.54, 1.807) is 31.2 Å². The van der Waals surface area contributed by atoms with Gasteiger partial charge in [-0.05, 0) is 40.7 Å². The fourth-order valence-electron chi connectivity index (χ4n) is 1.85.